The minimum atomic E-state index is -3.94. The van der Waals surface area contributed by atoms with Gasteiger partial charge in [-0.2, -0.15) is 5.26 Å². The van der Waals surface area contributed by atoms with E-state index in [9.17, 15) is 18.5 Å². The zero-order valence-electron chi connectivity index (χ0n) is 21.4. The average Bonchev–Trinajstić information content (AvgIpc) is 2.93. The second kappa shape index (κ2) is 9.80. The molecule has 0 saturated carbocycles. The fourth-order valence-electron chi connectivity index (χ4n) is 5.02. The van der Waals surface area contributed by atoms with E-state index in [0.29, 0.717) is 28.8 Å². The van der Waals surface area contributed by atoms with Crippen molar-refractivity contribution in [3.05, 3.63) is 82.5 Å². The summed E-state index contributed by atoms with van der Waals surface area (Å²) in [5.74, 6) is 0. The van der Waals surface area contributed by atoms with Crippen LogP contribution in [0.1, 0.15) is 26.3 Å². The lowest BCUT2D eigenvalue weighted by Crippen LogP contribution is -2.22. The molecule has 38 heavy (non-hydrogen) atoms. The highest BCUT2D eigenvalue weighted by atomic mass is 32.2. The van der Waals surface area contributed by atoms with Crippen LogP contribution in [-0.4, -0.2) is 31.1 Å². The van der Waals surface area contributed by atoms with Gasteiger partial charge in [-0.3, -0.25) is 9.52 Å². The molecular formula is C29H27N5O3S. The monoisotopic (exact) mass is 525 g/mol. The zero-order chi connectivity index (χ0) is 27.0. The predicted molar refractivity (Wildman–Crippen MR) is 151 cm³/mol. The molecule has 0 radical (unpaired) electrons. The summed E-state index contributed by atoms with van der Waals surface area (Å²) < 4.78 is 31.0. The van der Waals surface area contributed by atoms with Crippen LogP contribution in [0.2, 0.25) is 0 Å². The van der Waals surface area contributed by atoms with Gasteiger partial charge in [0, 0.05) is 36.1 Å². The molecule has 192 valence electrons. The first-order valence-electron chi connectivity index (χ1n) is 12.5. The summed E-state index contributed by atoms with van der Waals surface area (Å²) >= 11 is 0. The number of hydrogen-bond donors (Lipinski definition) is 1. The second-order valence-corrected chi connectivity index (χ2v) is 10.5. The van der Waals surface area contributed by atoms with Gasteiger partial charge in [0.15, 0.2) is 0 Å². The smallest absolute Gasteiger partial charge is 0.261 e. The van der Waals surface area contributed by atoms with Crippen molar-refractivity contribution in [3.8, 4) is 17.5 Å². The maximum atomic E-state index is 13.6. The van der Waals surface area contributed by atoms with Gasteiger partial charge in [-0.1, -0.05) is 30.3 Å². The third kappa shape index (κ3) is 4.03. The minimum Gasteiger partial charge on any atom is -0.372 e. The molecule has 0 spiro atoms. The molecule has 3 aromatic carbocycles. The number of nitrogens with one attached hydrogen (secondary N) is 1. The first-order valence-corrected chi connectivity index (χ1v) is 14.0. The molecule has 0 unspecified atom stereocenters. The second-order valence-electron chi connectivity index (χ2n) is 8.86. The van der Waals surface area contributed by atoms with Gasteiger partial charge in [0.1, 0.15) is 11.6 Å². The summed E-state index contributed by atoms with van der Waals surface area (Å²) in [5.41, 5.74) is 3.03. The van der Waals surface area contributed by atoms with Crippen molar-refractivity contribution >= 4 is 43.2 Å². The van der Waals surface area contributed by atoms with Gasteiger partial charge in [0.05, 0.1) is 33.0 Å². The fourth-order valence-corrected chi connectivity index (χ4v) is 6.11. The number of aromatic nitrogens is 2. The summed E-state index contributed by atoms with van der Waals surface area (Å²) in [6.45, 7) is 8.26. The number of fused-ring (bicyclic) bond motifs is 4. The van der Waals surface area contributed by atoms with Crippen LogP contribution in [0.4, 0.5) is 11.4 Å². The van der Waals surface area contributed by atoms with E-state index in [4.69, 9.17) is 4.98 Å². The molecular weight excluding hydrogens is 498 g/mol. The number of benzene rings is 4. The molecule has 0 saturated heterocycles. The highest BCUT2D eigenvalue weighted by Gasteiger charge is 2.26. The summed E-state index contributed by atoms with van der Waals surface area (Å²) in [7, 11) is -3.94. The van der Waals surface area contributed by atoms with E-state index >= 15 is 0 Å². The van der Waals surface area contributed by atoms with Crippen molar-refractivity contribution in [3.63, 3.8) is 0 Å². The number of sulfonamides is 1. The number of aryl methyl sites for hydroxylation is 1. The Morgan fingerprint density at radius 3 is 2.39 bits per heavy atom. The molecule has 0 bridgehead atoms. The normalized spacial score (nSPS) is 11.6. The topological polar surface area (TPSA) is 108 Å². The Labute approximate surface area is 221 Å². The summed E-state index contributed by atoms with van der Waals surface area (Å²) in [6.07, 6.45) is 0. The summed E-state index contributed by atoms with van der Waals surface area (Å²) in [5, 5.41) is 10.7. The molecule has 2 aliphatic rings. The van der Waals surface area contributed by atoms with Crippen molar-refractivity contribution < 1.29 is 8.42 Å². The van der Waals surface area contributed by atoms with E-state index in [1.165, 1.54) is 12.1 Å². The minimum absolute atomic E-state index is 0.0138. The van der Waals surface area contributed by atoms with Crippen molar-refractivity contribution in [1.82, 2.24) is 9.55 Å². The highest BCUT2D eigenvalue weighted by molar-refractivity contribution is 7.92. The Bertz CT molecular complexity index is 1850. The lowest BCUT2D eigenvalue weighted by molar-refractivity contribution is 0.601. The van der Waals surface area contributed by atoms with Crippen LogP contribution in [-0.2, 0) is 16.6 Å². The van der Waals surface area contributed by atoms with E-state index in [1.54, 1.807) is 36.4 Å². The average molecular weight is 526 g/mol. The quantitative estimate of drug-likeness (QED) is 0.231. The number of nitriles is 1. The van der Waals surface area contributed by atoms with Crippen LogP contribution < -0.4 is 15.1 Å². The van der Waals surface area contributed by atoms with Gasteiger partial charge in [-0.25, -0.2) is 13.4 Å². The zero-order valence-corrected chi connectivity index (χ0v) is 22.2. The largest absolute Gasteiger partial charge is 0.372 e. The standard InChI is InChI=1S/C29H27N5O3S/c1-4-33(5-2)19-15-16-23-25(17-19)34(6-3)28-22(18-30)29(35)21-13-10-14-24(26(21)27(28)31-23)32-38(36,37)20-11-8-7-9-12-20/h7-17,32H,4-6H2,1-3H3. The van der Waals surface area contributed by atoms with E-state index in [0.717, 1.165) is 24.3 Å². The molecule has 1 aliphatic heterocycles. The summed E-state index contributed by atoms with van der Waals surface area (Å²) in [6, 6.07) is 20.9. The number of anilines is 2. The van der Waals surface area contributed by atoms with Gasteiger partial charge in [-0.15, -0.1) is 0 Å². The van der Waals surface area contributed by atoms with Crippen LogP contribution in [0.25, 0.3) is 33.2 Å². The maximum absolute atomic E-state index is 13.6. The first-order chi connectivity index (χ1) is 18.3. The number of hydrogen-bond acceptors (Lipinski definition) is 6. The Balaban J connectivity index is 1.88. The predicted octanol–water partition coefficient (Wildman–Crippen LogP) is 5.19. The van der Waals surface area contributed by atoms with Gasteiger partial charge in [-0.05, 0) is 57.2 Å². The van der Waals surface area contributed by atoms with Gasteiger partial charge in [0.25, 0.3) is 10.0 Å². The molecule has 3 aromatic rings. The number of nitrogens with zero attached hydrogens (tertiary/aromatic N) is 4. The third-order valence-electron chi connectivity index (χ3n) is 6.84. The Morgan fingerprint density at radius 1 is 1.00 bits per heavy atom. The van der Waals surface area contributed by atoms with Crippen molar-refractivity contribution in [2.24, 2.45) is 0 Å². The lowest BCUT2D eigenvalue weighted by atomic mass is 9.97. The SMILES string of the molecule is CCN(CC)c1ccc2nc3c4c(NS(=O)(=O)c5ccccc5)cccc4c(=O)c(C#N)c-3n(CC)c2c1. The molecule has 0 amide bonds. The Morgan fingerprint density at radius 2 is 1.74 bits per heavy atom. The van der Waals surface area contributed by atoms with E-state index in [1.807, 2.05) is 29.7 Å². The van der Waals surface area contributed by atoms with Crippen LogP contribution in [0.15, 0.2) is 76.4 Å². The Hall–Kier alpha value is -4.42. The van der Waals surface area contributed by atoms with Crippen LogP contribution in [0.3, 0.4) is 0 Å². The number of rotatable bonds is 7. The van der Waals surface area contributed by atoms with Gasteiger partial charge >= 0.3 is 0 Å². The van der Waals surface area contributed by atoms with Crippen LogP contribution >= 0.6 is 0 Å². The molecule has 1 N–H and O–H groups in total. The van der Waals surface area contributed by atoms with Crippen molar-refractivity contribution in [1.29, 1.82) is 5.26 Å². The molecule has 5 rings (SSSR count). The summed E-state index contributed by atoms with van der Waals surface area (Å²) in [4.78, 5) is 20.8. The van der Waals surface area contributed by atoms with E-state index < -0.39 is 15.5 Å². The van der Waals surface area contributed by atoms with Crippen LogP contribution in [0.5, 0.6) is 0 Å². The van der Waals surface area contributed by atoms with Crippen molar-refractivity contribution in [2.45, 2.75) is 32.2 Å². The molecule has 1 heterocycles. The van der Waals surface area contributed by atoms with E-state index in [2.05, 4.69) is 29.5 Å². The van der Waals surface area contributed by atoms with Crippen LogP contribution in [0, 0.1) is 11.3 Å². The third-order valence-corrected chi connectivity index (χ3v) is 8.22. The molecule has 0 fully saturated rings. The molecule has 1 aliphatic carbocycles. The van der Waals surface area contributed by atoms with Crippen molar-refractivity contribution in [2.75, 3.05) is 22.7 Å². The lowest BCUT2D eigenvalue weighted by Gasteiger charge is -2.24. The van der Waals surface area contributed by atoms with Gasteiger partial charge in [0.2, 0.25) is 5.43 Å². The molecule has 0 atom stereocenters. The fraction of sp³-hybridized carbons (Fsp3) is 0.207. The van der Waals surface area contributed by atoms with Gasteiger partial charge < -0.3 is 9.47 Å². The first kappa shape index (κ1) is 25.2. The van der Waals surface area contributed by atoms with E-state index in [-0.39, 0.29) is 21.5 Å². The Kier molecular flexibility index (Phi) is 6.51. The highest BCUT2D eigenvalue weighted by Crippen LogP contribution is 2.38. The molecule has 8 nitrogen and oxygen atoms in total. The molecule has 9 heteroatoms. The molecule has 0 aromatic heterocycles. The maximum Gasteiger partial charge on any atom is 0.261 e.